The number of hydrogen-bond donors (Lipinski definition) is 0. The normalized spacial score (nSPS) is 34.2. The van der Waals surface area contributed by atoms with Gasteiger partial charge >= 0.3 is 0 Å². The van der Waals surface area contributed by atoms with E-state index in [1.807, 2.05) is 0 Å². The van der Waals surface area contributed by atoms with Gasteiger partial charge in [-0.15, -0.1) is 0 Å². The van der Waals surface area contributed by atoms with Crippen LogP contribution in [-0.2, 0) is 4.43 Å². The molecule has 110 valence electrons. The van der Waals surface area contributed by atoms with Crippen molar-refractivity contribution < 1.29 is 4.43 Å². The van der Waals surface area contributed by atoms with Crippen molar-refractivity contribution in [3.8, 4) is 0 Å². The lowest BCUT2D eigenvalue weighted by atomic mass is 9.98. The van der Waals surface area contributed by atoms with Crippen molar-refractivity contribution in [2.45, 2.75) is 71.5 Å². The fraction of sp³-hybridized carbons (Fsp3) is 0.882. The van der Waals surface area contributed by atoms with Crippen molar-refractivity contribution >= 4 is 8.32 Å². The zero-order chi connectivity index (χ0) is 14.3. The van der Waals surface area contributed by atoms with Crippen LogP contribution >= 0.6 is 0 Å². The molecule has 1 saturated carbocycles. The summed E-state index contributed by atoms with van der Waals surface area (Å²) in [6.45, 7) is 15.1. The quantitative estimate of drug-likeness (QED) is 0.373. The van der Waals surface area contributed by atoms with E-state index in [0.29, 0.717) is 10.5 Å². The first-order valence-corrected chi connectivity index (χ1v) is 10.9. The number of fused-ring (bicyclic) bond motifs is 1. The van der Waals surface area contributed by atoms with E-state index in [9.17, 15) is 0 Å². The van der Waals surface area contributed by atoms with E-state index in [0.717, 1.165) is 18.4 Å². The van der Waals surface area contributed by atoms with Gasteiger partial charge < -0.3 is 4.43 Å². The third-order valence-electron chi connectivity index (χ3n) is 6.05. The second kappa shape index (κ2) is 5.03. The molecule has 0 N–H and O–H groups in total. The van der Waals surface area contributed by atoms with Gasteiger partial charge in [0.25, 0.3) is 0 Å². The molecule has 1 fully saturated rings. The van der Waals surface area contributed by atoms with Gasteiger partial charge in [-0.25, -0.2) is 0 Å². The Morgan fingerprint density at radius 1 is 1.32 bits per heavy atom. The van der Waals surface area contributed by atoms with Crippen molar-refractivity contribution in [3.05, 3.63) is 12.2 Å². The van der Waals surface area contributed by atoms with Gasteiger partial charge in [-0.1, -0.05) is 39.8 Å². The van der Waals surface area contributed by atoms with E-state index < -0.39 is 8.32 Å². The van der Waals surface area contributed by atoms with Crippen molar-refractivity contribution in [2.75, 3.05) is 6.61 Å². The Balaban J connectivity index is 1.72. The van der Waals surface area contributed by atoms with Crippen LogP contribution in [-0.4, -0.2) is 14.9 Å². The summed E-state index contributed by atoms with van der Waals surface area (Å²) in [5, 5.41) is 0.340. The third-order valence-corrected chi connectivity index (χ3v) is 10.6. The SMILES string of the molecule is CC(C)(C)[Si](C)(C)OCCC[C@]1(C)[C@@H]2C=CCC[C@@H]21. The predicted octanol–water partition coefficient (Wildman–Crippen LogP) is 5.39. The van der Waals surface area contributed by atoms with Crippen LogP contribution in [0.25, 0.3) is 0 Å². The summed E-state index contributed by atoms with van der Waals surface area (Å²) in [6.07, 6.45) is 10.2. The zero-order valence-corrected chi connectivity index (χ0v) is 14.8. The molecule has 2 aliphatic carbocycles. The van der Waals surface area contributed by atoms with Crippen LogP contribution in [0.3, 0.4) is 0 Å². The van der Waals surface area contributed by atoms with Gasteiger partial charge in [-0.05, 0) is 61.1 Å². The van der Waals surface area contributed by atoms with E-state index in [1.165, 1.54) is 25.7 Å². The van der Waals surface area contributed by atoms with Gasteiger partial charge in [-0.2, -0.15) is 0 Å². The molecule has 0 bridgehead atoms. The molecule has 0 aromatic rings. The van der Waals surface area contributed by atoms with Crippen LogP contribution in [0.2, 0.25) is 18.1 Å². The number of hydrogen-bond acceptors (Lipinski definition) is 1. The van der Waals surface area contributed by atoms with E-state index >= 15 is 0 Å². The summed E-state index contributed by atoms with van der Waals surface area (Å²) < 4.78 is 6.29. The summed E-state index contributed by atoms with van der Waals surface area (Å²) in [5.74, 6) is 1.86. The van der Waals surface area contributed by atoms with Crippen LogP contribution in [0.15, 0.2) is 12.2 Å². The minimum atomic E-state index is -1.53. The average Bonchev–Trinajstić information content (AvgIpc) is 2.91. The molecule has 19 heavy (non-hydrogen) atoms. The summed E-state index contributed by atoms with van der Waals surface area (Å²) in [7, 11) is -1.53. The maximum atomic E-state index is 6.29. The van der Waals surface area contributed by atoms with Crippen LogP contribution in [0.1, 0.15) is 53.4 Å². The Morgan fingerprint density at radius 3 is 2.53 bits per heavy atom. The molecule has 0 aromatic heterocycles. The first-order valence-electron chi connectivity index (χ1n) is 7.99. The van der Waals surface area contributed by atoms with Crippen LogP contribution in [0.4, 0.5) is 0 Å². The number of rotatable bonds is 5. The standard InChI is InChI=1S/C17H32OSi/c1-16(2,3)19(5,6)18-13-9-12-17(4)14-10-7-8-11-15(14)17/h7,10,14-15H,8-9,11-13H2,1-6H3/t14-,15+,17-/m1/s1. The van der Waals surface area contributed by atoms with Gasteiger partial charge in [0, 0.05) is 6.61 Å². The third kappa shape index (κ3) is 3.00. The summed E-state index contributed by atoms with van der Waals surface area (Å²) in [4.78, 5) is 0. The predicted molar refractivity (Wildman–Crippen MR) is 85.8 cm³/mol. The lowest BCUT2D eigenvalue weighted by molar-refractivity contribution is 0.262. The van der Waals surface area contributed by atoms with Crippen molar-refractivity contribution in [2.24, 2.45) is 17.3 Å². The molecule has 3 atom stereocenters. The second-order valence-electron chi connectivity index (χ2n) is 8.36. The maximum absolute atomic E-state index is 6.29. The fourth-order valence-electron chi connectivity index (χ4n) is 3.43. The average molecular weight is 281 g/mol. The lowest BCUT2D eigenvalue weighted by Gasteiger charge is -2.36. The van der Waals surface area contributed by atoms with Gasteiger partial charge in [0.1, 0.15) is 0 Å². The van der Waals surface area contributed by atoms with Gasteiger partial charge in [0.15, 0.2) is 8.32 Å². The monoisotopic (exact) mass is 280 g/mol. The first kappa shape index (κ1) is 15.3. The fourth-order valence-corrected chi connectivity index (χ4v) is 4.52. The molecule has 0 heterocycles. The van der Waals surface area contributed by atoms with Crippen LogP contribution in [0, 0.1) is 17.3 Å². The van der Waals surface area contributed by atoms with Gasteiger partial charge in [0.2, 0.25) is 0 Å². The highest BCUT2D eigenvalue weighted by Gasteiger charge is 2.58. The molecule has 2 rings (SSSR count). The van der Waals surface area contributed by atoms with Crippen molar-refractivity contribution in [1.29, 1.82) is 0 Å². The topological polar surface area (TPSA) is 9.23 Å². The Labute approximate surface area is 120 Å². The van der Waals surface area contributed by atoms with Gasteiger partial charge in [0.05, 0.1) is 0 Å². The van der Waals surface area contributed by atoms with E-state index in [4.69, 9.17) is 4.43 Å². The van der Waals surface area contributed by atoms with Crippen molar-refractivity contribution in [3.63, 3.8) is 0 Å². The highest BCUT2D eigenvalue weighted by Crippen LogP contribution is 2.65. The van der Waals surface area contributed by atoms with E-state index in [2.05, 4.69) is 52.9 Å². The molecule has 0 aromatic carbocycles. The van der Waals surface area contributed by atoms with E-state index in [-0.39, 0.29) is 0 Å². The largest absolute Gasteiger partial charge is 0.417 e. The van der Waals surface area contributed by atoms with Crippen molar-refractivity contribution in [1.82, 2.24) is 0 Å². The summed E-state index contributed by atoms with van der Waals surface area (Å²) >= 11 is 0. The molecule has 0 saturated heterocycles. The molecule has 0 unspecified atom stereocenters. The highest BCUT2D eigenvalue weighted by atomic mass is 28.4. The Kier molecular flexibility index (Phi) is 4.06. The maximum Gasteiger partial charge on any atom is 0.191 e. The molecule has 0 amide bonds. The van der Waals surface area contributed by atoms with E-state index in [1.54, 1.807) is 0 Å². The molecule has 1 nitrogen and oxygen atoms in total. The molecular weight excluding hydrogens is 248 g/mol. The van der Waals surface area contributed by atoms with Gasteiger partial charge in [-0.3, -0.25) is 0 Å². The highest BCUT2D eigenvalue weighted by molar-refractivity contribution is 6.74. The Bertz CT molecular complexity index is 353. The molecule has 0 radical (unpaired) electrons. The summed E-state index contributed by atoms with van der Waals surface area (Å²) in [6, 6.07) is 0. The van der Waals surface area contributed by atoms with Crippen LogP contribution < -0.4 is 0 Å². The second-order valence-corrected chi connectivity index (χ2v) is 13.2. The molecule has 2 heteroatoms. The molecule has 2 aliphatic rings. The minimum absolute atomic E-state index is 0.340. The Morgan fingerprint density at radius 2 is 2.00 bits per heavy atom. The number of allylic oxidation sites excluding steroid dienone is 2. The minimum Gasteiger partial charge on any atom is -0.417 e. The van der Waals surface area contributed by atoms with Crippen LogP contribution in [0.5, 0.6) is 0 Å². The first-order chi connectivity index (χ1) is 8.68. The Hall–Kier alpha value is -0.0831. The zero-order valence-electron chi connectivity index (χ0n) is 13.8. The summed E-state index contributed by atoms with van der Waals surface area (Å²) in [5.41, 5.74) is 0.601. The smallest absolute Gasteiger partial charge is 0.191 e. The molecule has 0 aliphatic heterocycles. The lowest BCUT2D eigenvalue weighted by Crippen LogP contribution is -2.41. The molecular formula is C17H32OSi. The molecule has 0 spiro atoms.